The fraction of sp³-hybridized carbons (Fsp3) is 0.268. The van der Waals surface area contributed by atoms with Crippen LogP contribution in [0.3, 0.4) is 0 Å². The first-order chi connectivity index (χ1) is 23.9. The average molecular weight is 652 g/mol. The van der Waals surface area contributed by atoms with Crippen molar-refractivity contribution in [2.75, 3.05) is 18.4 Å². The van der Waals surface area contributed by atoms with Crippen LogP contribution in [0.15, 0.2) is 103 Å². The Balaban J connectivity index is 1.08. The molecule has 8 heteroatoms. The SMILES string of the molecule is CCCN(C(=O)Cc1ccccc1)[C@@H](C)c1nc2ccc(C#Cc3ccc(NC(=O)[C@@H]4CCCN4C(=O)Cc4ccccc4)cc3)cc2[nH]1. The minimum Gasteiger partial charge on any atom is -0.340 e. The van der Waals surface area contributed by atoms with Gasteiger partial charge >= 0.3 is 0 Å². The molecule has 8 nitrogen and oxygen atoms in total. The maximum atomic E-state index is 13.3. The highest BCUT2D eigenvalue weighted by Gasteiger charge is 2.34. The molecule has 1 aliphatic rings. The third-order valence-electron chi connectivity index (χ3n) is 8.92. The average Bonchev–Trinajstić information content (AvgIpc) is 3.79. The number of hydrogen-bond donors (Lipinski definition) is 2. The summed E-state index contributed by atoms with van der Waals surface area (Å²) in [5.74, 6) is 7.06. The zero-order valence-electron chi connectivity index (χ0n) is 28.0. The van der Waals surface area contributed by atoms with E-state index >= 15 is 0 Å². The van der Waals surface area contributed by atoms with Crippen molar-refractivity contribution < 1.29 is 14.4 Å². The van der Waals surface area contributed by atoms with Crippen LogP contribution in [0.5, 0.6) is 0 Å². The molecule has 49 heavy (non-hydrogen) atoms. The van der Waals surface area contributed by atoms with E-state index in [0.717, 1.165) is 52.0 Å². The van der Waals surface area contributed by atoms with Crippen molar-refractivity contribution in [3.63, 3.8) is 0 Å². The Morgan fingerprint density at radius 1 is 0.898 bits per heavy atom. The van der Waals surface area contributed by atoms with Crippen LogP contribution in [0.4, 0.5) is 5.69 Å². The lowest BCUT2D eigenvalue weighted by atomic mass is 10.1. The number of carbonyl (C=O) groups excluding carboxylic acids is 3. The van der Waals surface area contributed by atoms with Crippen LogP contribution in [0.2, 0.25) is 0 Å². The minimum absolute atomic E-state index is 0.0269. The fourth-order valence-corrected chi connectivity index (χ4v) is 6.32. The molecule has 2 atom stereocenters. The van der Waals surface area contributed by atoms with Crippen LogP contribution in [0, 0.1) is 11.8 Å². The second kappa shape index (κ2) is 15.5. The van der Waals surface area contributed by atoms with E-state index in [4.69, 9.17) is 4.98 Å². The number of H-pyrrole nitrogens is 1. The number of likely N-dealkylation sites (tertiary alicyclic amines) is 1. The molecular formula is C41H41N5O3. The molecule has 4 aromatic carbocycles. The lowest BCUT2D eigenvalue weighted by Gasteiger charge is -2.28. The van der Waals surface area contributed by atoms with Gasteiger partial charge in [0.05, 0.1) is 29.9 Å². The third-order valence-corrected chi connectivity index (χ3v) is 8.92. The summed E-state index contributed by atoms with van der Waals surface area (Å²) in [6.07, 6.45) is 2.96. The maximum absolute atomic E-state index is 13.3. The summed E-state index contributed by atoms with van der Waals surface area (Å²) in [6.45, 7) is 5.33. The lowest BCUT2D eigenvalue weighted by molar-refractivity contribution is -0.136. The number of aromatic amines is 1. The highest BCUT2D eigenvalue weighted by atomic mass is 16.2. The van der Waals surface area contributed by atoms with Crippen molar-refractivity contribution in [3.8, 4) is 11.8 Å². The number of nitrogens with one attached hydrogen (secondary N) is 2. The molecule has 1 fully saturated rings. The van der Waals surface area contributed by atoms with Crippen LogP contribution in [0.1, 0.15) is 67.2 Å². The van der Waals surface area contributed by atoms with E-state index in [1.54, 1.807) is 4.90 Å². The quantitative estimate of drug-likeness (QED) is 0.165. The number of aromatic nitrogens is 2. The molecule has 2 heterocycles. The van der Waals surface area contributed by atoms with E-state index in [1.165, 1.54) is 0 Å². The molecule has 3 amide bonds. The summed E-state index contributed by atoms with van der Waals surface area (Å²) >= 11 is 0. The predicted octanol–water partition coefficient (Wildman–Crippen LogP) is 6.68. The summed E-state index contributed by atoms with van der Waals surface area (Å²) in [6, 6.07) is 32.0. The first-order valence-electron chi connectivity index (χ1n) is 17.0. The highest BCUT2D eigenvalue weighted by molar-refractivity contribution is 5.97. The number of amides is 3. The Hall–Kier alpha value is -5.68. The number of anilines is 1. The maximum Gasteiger partial charge on any atom is 0.247 e. The van der Waals surface area contributed by atoms with Crippen molar-refractivity contribution in [2.45, 2.75) is 58.0 Å². The zero-order valence-corrected chi connectivity index (χ0v) is 28.0. The fourth-order valence-electron chi connectivity index (χ4n) is 6.32. The van der Waals surface area contributed by atoms with E-state index in [2.05, 4.69) is 29.1 Å². The molecule has 0 bridgehead atoms. The smallest absolute Gasteiger partial charge is 0.247 e. The second-order valence-electron chi connectivity index (χ2n) is 12.5. The van der Waals surface area contributed by atoms with Crippen LogP contribution < -0.4 is 5.32 Å². The molecule has 5 aromatic rings. The topological polar surface area (TPSA) is 98.4 Å². The van der Waals surface area contributed by atoms with Gasteiger partial charge in [-0.2, -0.15) is 0 Å². The standard InChI is InChI=1S/C41H41N5O3/c1-3-24-45(38(47)27-31-11-6-4-7-12-31)29(2)40-43-35-23-20-33(26-36(35)44-40)17-16-30-18-21-34(22-19-30)42-41(49)37-15-10-25-46(37)39(48)28-32-13-8-5-9-14-32/h4-9,11-14,18-23,26,29,37H,3,10,15,24-25,27-28H2,1-2H3,(H,42,49)(H,43,44)/t29-,37-/m0/s1. The Morgan fingerprint density at radius 2 is 1.55 bits per heavy atom. The van der Waals surface area contributed by atoms with Crippen LogP contribution >= 0.6 is 0 Å². The molecule has 248 valence electrons. The minimum atomic E-state index is -0.471. The van der Waals surface area contributed by atoms with Gasteiger partial charge in [-0.05, 0) is 79.8 Å². The van der Waals surface area contributed by atoms with E-state index in [-0.39, 0.29) is 23.8 Å². The first-order valence-corrected chi connectivity index (χ1v) is 17.0. The lowest BCUT2D eigenvalue weighted by Crippen LogP contribution is -2.43. The number of nitrogens with zero attached hydrogens (tertiary/aromatic N) is 3. The van der Waals surface area contributed by atoms with Gasteiger partial charge in [0, 0.05) is 29.9 Å². The van der Waals surface area contributed by atoms with Gasteiger partial charge in [-0.1, -0.05) is 79.4 Å². The molecule has 0 spiro atoms. The second-order valence-corrected chi connectivity index (χ2v) is 12.5. The predicted molar refractivity (Wildman–Crippen MR) is 193 cm³/mol. The van der Waals surface area contributed by atoms with E-state index in [0.29, 0.717) is 38.0 Å². The molecule has 1 aromatic heterocycles. The molecule has 0 saturated carbocycles. The highest BCUT2D eigenvalue weighted by Crippen LogP contribution is 2.24. The Labute approximate surface area is 287 Å². The van der Waals surface area contributed by atoms with Crippen molar-refractivity contribution >= 4 is 34.4 Å². The van der Waals surface area contributed by atoms with Crippen LogP contribution in [-0.2, 0) is 27.2 Å². The number of rotatable bonds is 10. The molecule has 1 saturated heterocycles. The largest absolute Gasteiger partial charge is 0.340 e. The van der Waals surface area contributed by atoms with Crippen molar-refractivity contribution in [1.29, 1.82) is 0 Å². The number of fused-ring (bicyclic) bond motifs is 1. The Kier molecular flexibility index (Phi) is 10.5. The number of carbonyl (C=O) groups is 3. The number of benzene rings is 4. The van der Waals surface area contributed by atoms with Gasteiger partial charge in [0.25, 0.3) is 0 Å². The van der Waals surface area contributed by atoms with E-state index in [9.17, 15) is 14.4 Å². The Morgan fingerprint density at radius 3 is 2.24 bits per heavy atom. The first kappa shape index (κ1) is 33.2. The van der Waals surface area contributed by atoms with Crippen LogP contribution in [-0.4, -0.2) is 56.6 Å². The summed E-state index contributed by atoms with van der Waals surface area (Å²) in [7, 11) is 0. The molecule has 0 unspecified atom stereocenters. The van der Waals surface area contributed by atoms with Gasteiger partial charge in [-0.15, -0.1) is 0 Å². The van der Waals surface area contributed by atoms with Gasteiger partial charge in [0.15, 0.2) is 0 Å². The van der Waals surface area contributed by atoms with Gasteiger partial charge in [-0.25, -0.2) is 4.98 Å². The van der Waals surface area contributed by atoms with E-state index in [1.807, 2.05) is 115 Å². The summed E-state index contributed by atoms with van der Waals surface area (Å²) < 4.78 is 0. The van der Waals surface area contributed by atoms with E-state index < -0.39 is 6.04 Å². The van der Waals surface area contributed by atoms with Crippen molar-refractivity contribution in [3.05, 3.63) is 131 Å². The van der Waals surface area contributed by atoms with Gasteiger partial charge in [0.1, 0.15) is 11.9 Å². The molecule has 6 rings (SSSR count). The van der Waals surface area contributed by atoms with Crippen molar-refractivity contribution in [2.24, 2.45) is 0 Å². The zero-order chi connectivity index (χ0) is 34.2. The third kappa shape index (κ3) is 8.25. The summed E-state index contributed by atoms with van der Waals surface area (Å²) in [4.78, 5) is 51.2. The molecule has 0 aliphatic carbocycles. The molecule has 0 radical (unpaired) electrons. The van der Waals surface area contributed by atoms with Crippen molar-refractivity contribution in [1.82, 2.24) is 19.8 Å². The van der Waals surface area contributed by atoms with Gasteiger partial charge in [-0.3, -0.25) is 14.4 Å². The number of imidazole rings is 1. The number of hydrogen-bond acceptors (Lipinski definition) is 4. The molecule has 2 N–H and O–H groups in total. The molecule has 1 aliphatic heterocycles. The normalized spacial score (nSPS) is 14.6. The summed E-state index contributed by atoms with van der Waals surface area (Å²) in [5, 5.41) is 2.98. The van der Waals surface area contributed by atoms with Gasteiger partial charge < -0.3 is 20.1 Å². The summed E-state index contributed by atoms with van der Waals surface area (Å²) in [5.41, 5.74) is 5.93. The Bertz CT molecular complexity index is 1980. The van der Waals surface area contributed by atoms with Gasteiger partial charge in [0.2, 0.25) is 17.7 Å². The van der Waals surface area contributed by atoms with Crippen LogP contribution in [0.25, 0.3) is 11.0 Å². The molecular weight excluding hydrogens is 610 g/mol. The monoisotopic (exact) mass is 651 g/mol.